The number of carbonyl (C=O) groups is 1. The summed E-state index contributed by atoms with van der Waals surface area (Å²) in [5, 5.41) is 2.83. The van der Waals surface area contributed by atoms with Crippen LogP contribution in [0.25, 0.3) is 11.0 Å². The molecule has 1 aromatic carbocycles. The molecule has 0 aliphatic carbocycles. The van der Waals surface area contributed by atoms with E-state index < -0.39 is 6.04 Å². The Bertz CT molecular complexity index is 738. The zero-order valence-corrected chi connectivity index (χ0v) is 11.9. The number of nitrogens with two attached hydrogens (primary N) is 1. The van der Waals surface area contributed by atoms with Crippen molar-refractivity contribution in [2.24, 2.45) is 5.73 Å². The van der Waals surface area contributed by atoms with Crippen molar-refractivity contribution in [2.75, 3.05) is 0 Å². The fourth-order valence-electron chi connectivity index (χ4n) is 1.98. The third-order valence-corrected chi connectivity index (χ3v) is 3.67. The van der Waals surface area contributed by atoms with E-state index in [4.69, 9.17) is 5.73 Å². The van der Waals surface area contributed by atoms with Crippen molar-refractivity contribution in [3.63, 3.8) is 0 Å². The molecule has 7 nitrogen and oxygen atoms in total. The van der Waals surface area contributed by atoms with Crippen LogP contribution < -0.4 is 11.1 Å². The van der Waals surface area contributed by atoms with Crippen LogP contribution in [-0.4, -0.2) is 30.7 Å². The average Bonchev–Trinajstić information content (AvgIpc) is 3.14. The molecule has 2 aromatic heterocycles. The van der Waals surface area contributed by atoms with Crippen molar-refractivity contribution in [3.05, 3.63) is 42.0 Å². The van der Waals surface area contributed by atoms with Crippen molar-refractivity contribution < 1.29 is 4.79 Å². The third kappa shape index (κ3) is 3.23. The smallest absolute Gasteiger partial charge is 0.237 e. The van der Waals surface area contributed by atoms with Gasteiger partial charge in [0.15, 0.2) is 0 Å². The number of nitrogens with zero attached hydrogens (tertiary/aromatic N) is 3. The van der Waals surface area contributed by atoms with Gasteiger partial charge in [0.1, 0.15) is 11.0 Å². The van der Waals surface area contributed by atoms with Gasteiger partial charge >= 0.3 is 0 Å². The van der Waals surface area contributed by atoms with Crippen LogP contribution in [0.5, 0.6) is 0 Å². The number of hydrogen-bond acceptors (Lipinski definition) is 6. The topological polar surface area (TPSA) is 110 Å². The SMILES string of the molecule is N[C@@H](Cc1cnc[nH]1)C(=O)NCc1ccc2nsnc2c1. The summed E-state index contributed by atoms with van der Waals surface area (Å²) < 4.78 is 8.31. The first-order chi connectivity index (χ1) is 10.2. The van der Waals surface area contributed by atoms with Gasteiger partial charge in [-0.25, -0.2) is 4.98 Å². The van der Waals surface area contributed by atoms with Crippen LogP contribution in [0.2, 0.25) is 0 Å². The Hall–Kier alpha value is -2.32. The summed E-state index contributed by atoms with van der Waals surface area (Å²) in [6.45, 7) is 0.420. The molecule has 0 fully saturated rings. The van der Waals surface area contributed by atoms with Crippen LogP contribution in [0.1, 0.15) is 11.3 Å². The van der Waals surface area contributed by atoms with E-state index in [2.05, 4.69) is 24.0 Å². The highest BCUT2D eigenvalue weighted by Gasteiger charge is 2.14. The highest BCUT2D eigenvalue weighted by atomic mass is 32.1. The van der Waals surface area contributed by atoms with Gasteiger partial charge in [-0.15, -0.1) is 0 Å². The number of carbonyl (C=O) groups excluding carboxylic acids is 1. The molecule has 108 valence electrons. The van der Waals surface area contributed by atoms with Crippen molar-refractivity contribution >= 4 is 28.7 Å². The first kappa shape index (κ1) is 13.7. The number of benzene rings is 1. The summed E-state index contributed by atoms with van der Waals surface area (Å²) in [4.78, 5) is 18.8. The second-order valence-electron chi connectivity index (χ2n) is 4.69. The quantitative estimate of drug-likeness (QED) is 0.639. The van der Waals surface area contributed by atoms with Crippen molar-refractivity contribution in [2.45, 2.75) is 19.0 Å². The molecule has 0 unspecified atom stereocenters. The van der Waals surface area contributed by atoms with E-state index in [0.29, 0.717) is 13.0 Å². The summed E-state index contributed by atoms with van der Waals surface area (Å²) in [6, 6.07) is 5.13. The lowest BCUT2D eigenvalue weighted by atomic mass is 10.1. The minimum atomic E-state index is -0.602. The lowest BCUT2D eigenvalue weighted by Crippen LogP contribution is -2.41. The van der Waals surface area contributed by atoms with Crippen molar-refractivity contribution in [1.29, 1.82) is 0 Å². The number of nitrogens with one attached hydrogen (secondary N) is 2. The van der Waals surface area contributed by atoms with Gasteiger partial charge in [0.25, 0.3) is 0 Å². The summed E-state index contributed by atoms with van der Waals surface area (Å²) >= 11 is 1.18. The van der Waals surface area contributed by atoms with E-state index in [0.717, 1.165) is 22.3 Å². The zero-order valence-electron chi connectivity index (χ0n) is 11.1. The Labute approximate surface area is 124 Å². The Balaban J connectivity index is 1.57. The Morgan fingerprint density at radius 1 is 1.38 bits per heavy atom. The second kappa shape index (κ2) is 5.98. The number of aromatic amines is 1. The van der Waals surface area contributed by atoms with Gasteiger partial charge in [-0.1, -0.05) is 6.07 Å². The molecule has 0 bridgehead atoms. The fraction of sp³-hybridized carbons (Fsp3) is 0.231. The molecule has 3 aromatic rings. The minimum absolute atomic E-state index is 0.193. The van der Waals surface area contributed by atoms with E-state index in [1.165, 1.54) is 11.7 Å². The molecule has 0 saturated heterocycles. The molecular weight excluding hydrogens is 288 g/mol. The Kier molecular flexibility index (Phi) is 3.89. The van der Waals surface area contributed by atoms with E-state index >= 15 is 0 Å². The molecule has 3 rings (SSSR count). The maximum Gasteiger partial charge on any atom is 0.237 e. The molecule has 1 atom stereocenters. The molecule has 1 amide bonds. The lowest BCUT2D eigenvalue weighted by Gasteiger charge is -2.11. The van der Waals surface area contributed by atoms with Gasteiger partial charge in [0.05, 0.1) is 24.1 Å². The normalized spacial score (nSPS) is 12.4. The molecule has 0 radical (unpaired) electrons. The summed E-state index contributed by atoms with van der Waals surface area (Å²) in [5.74, 6) is -0.193. The van der Waals surface area contributed by atoms with E-state index in [1.807, 2.05) is 18.2 Å². The van der Waals surface area contributed by atoms with E-state index in [-0.39, 0.29) is 5.91 Å². The van der Waals surface area contributed by atoms with Crippen LogP contribution in [0.3, 0.4) is 0 Å². The van der Waals surface area contributed by atoms with Crippen molar-refractivity contribution in [1.82, 2.24) is 24.0 Å². The van der Waals surface area contributed by atoms with Gasteiger partial charge in [0.2, 0.25) is 5.91 Å². The highest BCUT2D eigenvalue weighted by Crippen LogP contribution is 2.13. The number of amides is 1. The van der Waals surface area contributed by atoms with Gasteiger partial charge < -0.3 is 16.0 Å². The molecule has 0 spiro atoms. The lowest BCUT2D eigenvalue weighted by molar-refractivity contribution is -0.122. The number of aromatic nitrogens is 4. The molecular formula is C13H14N6OS. The summed E-state index contributed by atoms with van der Waals surface area (Å²) in [5.41, 5.74) is 9.38. The fourth-order valence-corrected chi connectivity index (χ4v) is 2.50. The Morgan fingerprint density at radius 3 is 3.05 bits per heavy atom. The highest BCUT2D eigenvalue weighted by molar-refractivity contribution is 7.00. The van der Waals surface area contributed by atoms with Gasteiger partial charge in [0, 0.05) is 24.9 Å². The molecule has 8 heteroatoms. The van der Waals surface area contributed by atoms with Gasteiger partial charge in [-0.3, -0.25) is 4.79 Å². The summed E-state index contributed by atoms with van der Waals surface area (Å²) in [6.07, 6.45) is 3.66. The molecule has 4 N–H and O–H groups in total. The summed E-state index contributed by atoms with van der Waals surface area (Å²) in [7, 11) is 0. The number of fused-ring (bicyclic) bond motifs is 1. The second-order valence-corrected chi connectivity index (χ2v) is 5.22. The maximum atomic E-state index is 12.0. The number of hydrogen-bond donors (Lipinski definition) is 3. The first-order valence-electron chi connectivity index (χ1n) is 6.44. The van der Waals surface area contributed by atoms with Gasteiger partial charge in [-0.05, 0) is 17.7 Å². The first-order valence-corrected chi connectivity index (χ1v) is 7.17. The average molecular weight is 302 g/mol. The molecule has 0 saturated carbocycles. The standard InChI is InChI=1S/C13H14N6OS/c14-10(4-9-6-15-7-17-9)13(20)16-5-8-1-2-11-12(3-8)19-21-18-11/h1-3,6-7,10H,4-5,14H2,(H,15,17)(H,16,20)/t10-/m0/s1. The monoisotopic (exact) mass is 302 g/mol. The van der Waals surface area contributed by atoms with Crippen LogP contribution >= 0.6 is 11.7 Å². The molecule has 0 aliphatic heterocycles. The van der Waals surface area contributed by atoms with E-state index in [1.54, 1.807) is 12.5 Å². The number of imidazole rings is 1. The minimum Gasteiger partial charge on any atom is -0.351 e. The van der Waals surface area contributed by atoms with Crippen LogP contribution in [-0.2, 0) is 17.8 Å². The maximum absolute atomic E-state index is 12.0. The number of H-pyrrole nitrogens is 1. The molecule has 2 heterocycles. The van der Waals surface area contributed by atoms with Crippen LogP contribution in [0.4, 0.5) is 0 Å². The predicted molar refractivity (Wildman–Crippen MR) is 79.5 cm³/mol. The third-order valence-electron chi connectivity index (χ3n) is 3.12. The predicted octanol–water partition coefficient (Wildman–Crippen LogP) is 0.601. The van der Waals surface area contributed by atoms with E-state index in [9.17, 15) is 4.79 Å². The molecule has 21 heavy (non-hydrogen) atoms. The number of rotatable bonds is 5. The zero-order chi connectivity index (χ0) is 14.7. The van der Waals surface area contributed by atoms with Crippen LogP contribution in [0, 0.1) is 0 Å². The van der Waals surface area contributed by atoms with Crippen LogP contribution in [0.15, 0.2) is 30.7 Å². The molecule has 0 aliphatic rings. The largest absolute Gasteiger partial charge is 0.351 e. The Morgan fingerprint density at radius 2 is 2.24 bits per heavy atom. The van der Waals surface area contributed by atoms with Gasteiger partial charge in [-0.2, -0.15) is 8.75 Å². The van der Waals surface area contributed by atoms with Crippen molar-refractivity contribution in [3.8, 4) is 0 Å².